The van der Waals surface area contributed by atoms with Gasteiger partial charge in [-0.25, -0.2) is 4.79 Å². The molecule has 2 rings (SSSR count). The minimum absolute atomic E-state index is 0.337. The van der Waals surface area contributed by atoms with E-state index in [2.05, 4.69) is 10.4 Å². The molecule has 1 heterocycles. The molecule has 1 amide bonds. The lowest BCUT2D eigenvalue weighted by Crippen LogP contribution is -2.31. The van der Waals surface area contributed by atoms with Gasteiger partial charge < -0.3 is 14.8 Å². The van der Waals surface area contributed by atoms with Gasteiger partial charge in [-0.3, -0.25) is 9.48 Å². The maximum absolute atomic E-state index is 11.9. The normalized spacial score (nSPS) is 11.0. The first-order valence-corrected chi connectivity index (χ1v) is 9.18. The predicted octanol–water partition coefficient (Wildman–Crippen LogP) is 2.52. The van der Waals surface area contributed by atoms with E-state index in [1.54, 1.807) is 6.08 Å². The lowest BCUT2D eigenvalue weighted by atomic mass is 10.1. The summed E-state index contributed by atoms with van der Waals surface area (Å²) in [7, 11) is 1.54. The summed E-state index contributed by atoms with van der Waals surface area (Å²) in [4.78, 5) is 23.4. The number of carbonyl (C=O) groups excluding carboxylic acids is 2. The van der Waals surface area contributed by atoms with Gasteiger partial charge in [-0.05, 0) is 31.6 Å². The third-order valence-electron chi connectivity index (χ3n) is 4.08. The Bertz CT molecular complexity index is 861. The van der Waals surface area contributed by atoms with Crippen LogP contribution in [0.4, 0.5) is 0 Å². The van der Waals surface area contributed by atoms with Crippen molar-refractivity contribution >= 4 is 29.6 Å². The maximum Gasteiger partial charge on any atom is 0.331 e. The molecule has 1 N–H and O–H groups in total. The number of rotatable bonds is 9. The molecule has 0 atom stereocenters. The van der Waals surface area contributed by atoms with Crippen LogP contribution in [0.15, 0.2) is 30.3 Å². The number of carbonyl (C=O) groups is 2. The fourth-order valence-electron chi connectivity index (χ4n) is 2.57. The Morgan fingerprint density at radius 1 is 1.29 bits per heavy atom. The molecule has 0 radical (unpaired) electrons. The number of benzene rings is 1. The molecule has 0 saturated carbocycles. The number of hydrogen-bond acceptors (Lipinski definition) is 5. The van der Waals surface area contributed by atoms with Crippen molar-refractivity contribution < 1.29 is 19.1 Å². The Morgan fingerprint density at radius 2 is 2.04 bits per heavy atom. The summed E-state index contributed by atoms with van der Waals surface area (Å²) in [6.45, 7) is 4.75. The SMILES string of the molecule is COCCNC(=O)COC(=O)/C=C/c1c(C)nn(Cc2ccccc2Cl)c1C. The molecule has 0 aliphatic heterocycles. The molecule has 1 aromatic heterocycles. The van der Waals surface area contributed by atoms with Gasteiger partial charge in [0.25, 0.3) is 5.91 Å². The Morgan fingerprint density at radius 3 is 2.75 bits per heavy atom. The minimum Gasteiger partial charge on any atom is -0.452 e. The van der Waals surface area contributed by atoms with Gasteiger partial charge in [-0.1, -0.05) is 29.8 Å². The summed E-state index contributed by atoms with van der Waals surface area (Å²) >= 11 is 6.22. The van der Waals surface area contributed by atoms with Gasteiger partial charge >= 0.3 is 5.97 Å². The summed E-state index contributed by atoms with van der Waals surface area (Å²) in [5.74, 6) is -0.974. The van der Waals surface area contributed by atoms with Gasteiger partial charge in [0.2, 0.25) is 0 Å². The van der Waals surface area contributed by atoms with Gasteiger partial charge in [-0.2, -0.15) is 5.10 Å². The first kappa shape index (κ1) is 21.7. The Balaban J connectivity index is 1.96. The summed E-state index contributed by atoms with van der Waals surface area (Å²) in [6.07, 6.45) is 2.94. The Kier molecular flexibility index (Phi) is 8.22. The quantitative estimate of drug-likeness (QED) is 0.394. The number of hydrogen-bond donors (Lipinski definition) is 1. The highest BCUT2D eigenvalue weighted by atomic mass is 35.5. The zero-order chi connectivity index (χ0) is 20.5. The van der Waals surface area contributed by atoms with Crippen molar-refractivity contribution in [2.75, 3.05) is 26.9 Å². The molecule has 28 heavy (non-hydrogen) atoms. The topological polar surface area (TPSA) is 82.4 Å². The molecule has 1 aromatic carbocycles. The van der Waals surface area contributed by atoms with Crippen molar-refractivity contribution in [3.05, 3.63) is 57.9 Å². The van der Waals surface area contributed by atoms with Crippen LogP contribution in [-0.4, -0.2) is 48.5 Å². The lowest BCUT2D eigenvalue weighted by Gasteiger charge is -2.06. The largest absolute Gasteiger partial charge is 0.452 e. The molecule has 0 unspecified atom stereocenters. The third-order valence-corrected chi connectivity index (χ3v) is 4.44. The Hall–Kier alpha value is -2.64. The fraction of sp³-hybridized carbons (Fsp3) is 0.350. The number of nitrogens with zero attached hydrogens (tertiary/aromatic N) is 2. The van der Waals surface area contributed by atoms with Crippen molar-refractivity contribution in [3.8, 4) is 0 Å². The van der Waals surface area contributed by atoms with Gasteiger partial charge in [-0.15, -0.1) is 0 Å². The summed E-state index contributed by atoms with van der Waals surface area (Å²) in [5, 5.41) is 7.77. The highest BCUT2D eigenvalue weighted by Gasteiger charge is 2.11. The third kappa shape index (κ3) is 6.21. The standard InChI is InChI=1S/C20H24ClN3O4/c1-14-17(8-9-20(26)28-13-19(25)22-10-11-27-3)15(2)24(23-14)12-16-6-4-5-7-18(16)21/h4-9H,10-13H2,1-3H3,(H,22,25)/b9-8+. The number of methoxy groups -OCH3 is 1. The molecule has 0 bridgehead atoms. The van der Waals surface area contributed by atoms with E-state index >= 15 is 0 Å². The first-order valence-electron chi connectivity index (χ1n) is 8.80. The Labute approximate surface area is 169 Å². The van der Waals surface area contributed by atoms with Gasteiger partial charge in [0.15, 0.2) is 6.61 Å². The molecule has 0 spiro atoms. The van der Waals surface area contributed by atoms with E-state index in [-0.39, 0.29) is 12.5 Å². The van der Waals surface area contributed by atoms with Gasteiger partial charge in [0.1, 0.15) is 0 Å². The van der Waals surface area contributed by atoms with Crippen LogP contribution in [0.2, 0.25) is 5.02 Å². The van der Waals surface area contributed by atoms with Crippen molar-refractivity contribution in [1.82, 2.24) is 15.1 Å². The maximum atomic E-state index is 11.9. The van der Waals surface area contributed by atoms with Crippen LogP contribution >= 0.6 is 11.6 Å². The smallest absolute Gasteiger partial charge is 0.331 e. The average molecular weight is 406 g/mol. The molecule has 0 aliphatic rings. The molecule has 0 saturated heterocycles. The van der Waals surface area contributed by atoms with E-state index in [0.29, 0.717) is 24.7 Å². The van der Waals surface area contributed by atoms with Crippen molar-refractivity contribution in [2.24, 2.45) is 0 Å². The van der Waals surface area contributed by atoms with Crippen LogP contribution in [0.3, 0.4) is 0 Å². The van der Waals surface area contributed by atoms with Gasteiger partial charge in [0, 0.05) is 36.0 Å². The van der Waals surface area contributed by atoms with E-state index in [0.717, 1.165) is 22.5 Å². The number of aromatic nitrogens is 2. The summed E-state index contributed by atoms with van der Waals surface area (Å²) < 4.78 is 11.6. The second-order valence-corrected chi connectivity index (χ2v) is 6.52. The number of nitrogens with one attached hydrogen (secondary N) is 1. The van der Waals surface area contributed by atoms with Crippen molar-refractivity contribution in [1.29, 1.82) is 0 Å². The highest BCUT2D eigenvalue weighted by Crippen LogP contribution is 2.20. The summed E-state index contributed by atoms with van der Waals surface area (Å²) in [5.41, 5.74) is 3.47. The molecule has 2 aromatic rings. The monoisotopic (exact) mass is 405 g/mol. The number of amides is 1. The summed E-state index contributed by atoms with van der Waals surface area (Å²) in [6, 6.07) is 7.59. The minimum atomic E-state index is -0.598. The van der Waals surface area contributed by atoms with E-state index in [9.17, 15) is 9.59 Å². The highest BCUT2D eigenvalue weighted by molar-refractivity contribution is 6.31. The van der Waals surface area contributed by atoms with Crippen LogP contribution < -0.4 is 5.32 Å². The zero-order valence-electron chi connectivity index (χ0n) is 16.2. The molecule has 8 heteroatoms. The fourth-order valence-corrected chi connectivity index (χ4v) is 2.77. The molecule has 0 fully saturated rings. The second-order valence-electron chi connectivity index (χ2n) is 6.12. The van der Waals surface area contributed by atoms with Gasteiger partial charge in [0.05, 0.1) is 18.8 Å². The lowest BCUT2D eigenvalue weighted by molar-refractivity contribution is -0.143. The molecule has 150 valence electrons. The number of halogens is 1. The van der Waals surface area contributed by atoms with Crippen LogP contribution in [-0.2, 0) is 25.6 Å². The molecule has 0 aliphatic carbocycles. The predicted molar refractivity (Wildman–Crippen MR) is 107 cm³/mol. The molecular formula is C20H24ClN3O4. The zero-order valence-corrected chi connectivity index (χ0v) is 17.0. The molecule has 7 nitrogen and oxygen atoms in total. The average Bonchev–Trinajstić information content (AvgIpc) is 2.93. The van der Waals surface area contributed by atoms with Crippen LogP contribution in [0, 0.1) is 13.8 Å². The second kappa shape index (κ2) is 10.6. The number of aryl methyl sites for hydroxylation is 1. The first-order chi connectivity index (χ1) is 13.4. The van der Waals surface area contributed by atoms with Crippen molar-refractivity contribution in [3.63, 3.8) is 0 Å². The van der Waals surface area contributed by atoms with E-state index in [4.69, 9.17) is 21.1 Å². The van der Waals surface area contributed by atoms with Crippen molar-refractivity contribution in [2.45, 2.75) is 20.4 Å². The van der Waals surface area contributed by atoms with Crippen LogP contribution in [0.5, 0.6) is 0 Å². The van der Waals surface area contributed by atoms with E-state index in [1.165, 1.54) is 13.2 Å². The number of esters is 1. The van der Waals surface area contributed by atoms with Crippen LogP contribution in [0.1, 0.15) is 22.5 Å². The van der Waals surface area contributed by atoms with Crippen LogP contribution in [0.25, 0.3) is 6.08 Å². The van der Waals surface area contributed by atoms with E-state index < -0.39 is 5.97 Å². The number of ether oxygens (including phenoxy) is 2. The van der Waals surface area contributed by atoms with E-state index in [1.807, 2.05) is 42.8 Å². The molecular weight excluding hydrogens is 382 g/mol.